The zero-order valence-corrected chi connectivity index (χ0v) is 10.6. The predicted octanol–water partition coefficient (Wildman–Crippen LogP) is 1.29. The van der Waals surface area contributed by atoms with Gasteiger partial charge in [-0.2, -0.15) is 0 Å². The standard InChI is InChI=1S/C13H19N3O2/c1-18-9-3-6-16-13(17)10-4-2-5-11-12(10)15-8-7-14-11/h2,4-5,14-15H,3,6-9H2,1H3,(H,16,17). The smallest absolute Gasteiger partial charge is 0.253 e. The number of para-hydroxylation sites is 1. The van der Waals surface area contributed by atoms with E-state index in [9.17, 15) is 4.79 Å². The van der Waals surface area contributed by atoms with Crippen LogP contribution in [0.5, 0.6) is 0 Å². The number of hydrogen-bond acceptors (Lipinski definition) is 4. The Labute approximate surface area is 107 Å². The van der Waals surface area contributed by atoms with E-state index in [1.807, 2.05) is 18.2 Å². The normalized spacial score (nSPS) is 13.2. The number of hydrogen-bond donors (Lipinski definition) is 3. The van der Waals surface area contributed by atoms with Crippen LogP contribution in [0.25, 0.3) is 0 Å². The third-order valence-corrected chi connectivity index (χ3v) is 2.86. The predicted molar refractivity (Wildman–Crippen MR) is 72.2 cm³/mol. The van der Waals surface area contributed by atoms with E-state index in [-0.39, 0.29) is 5.91 Å². The minimum atomic E-state index is -0.0425. The van der Waals surface area contributed by atoms with E-state index in [1.165, 1.54) is 0 Å². The molecule has 0 aromatic heterocycles. The van der Waals surface area contributed by atoms with Gasteiger partial charge in [-0.15, -0.1) is 0 Å². The van der Waals surface area contributed by atoms with Gasteiger partial charge in [0.15, 0.2) is 0 Å². The van der Waals surface area contributed by atoms with Gasteiger partial charge in [-0.05, 0) is 18.6 Å². The van der Waals surface area contributed by atoms with E-state index in [0.717, 1.165) is 30.9 Å². The zero-order chi connectivity index (χ0) is 12.8. The minimum Gasteiger partial charge on any atom is -0.385 e. The second-order valence-corrected chi connectivity index (χ2v) is 4.18. The van der Waals surface area contributed by atoms with E-state index in [4.69, 9.17) is 4.74 Å². The Morgan fingerprint density at radius 1 is 1.39 bits per heavy atom. The molecule has 0 aliphatic carbocycles. The van der Waals surface area contributed by atoms with Crippen LogP contribution in [0.2, 0.25) is 0 Å². The molecule has 5 heteroatoms. The fourth-order valence-corrected chi connectivity index (χ4v) is 1.98. The van der Waals surface area contributed by atoms with E-state index in [0.29, 0.717) is 18.7 Å². The van der Waals surface area contributed by atoms with Crippen LogP contribution in [0.4, 0.5) is 11.4 Å². The summed E-state index contributed by atoms with van der Waals surface area (Å²) in [4.78, 5) is 12.1. The average molecular weight is 249 g/mol. The molecule has 98 valence electrons. The van der Waals surface area contributed by atoms with Crippen LogP contribution in [0, 0.1) is 0 Å². The summed E-state index contributed by atoms with van der Waals surface area (Å²) in [6.45, 7) is 3.00. The van der Waals surface area contributed by atoms with Crippen molar-refractivity contribution in [1.29, 1.82) is 0 Å². The molecule has 1 aromatic carbocycles. The number of nitrogens with one attached hydrogen (secondary N) is 3. The first-order chi connectivity index (χ1) is 8.83. The van der Waals surface area contributed by atoms with E-state index >= 15 is 0 Å². The van der Waals surface area contributed by atoms with Crippen LogP contribution in [0.3, 0.4) is 0 Å². The Morgan fingerprint density at radius 3 is 3.06 bits per heavy atom. The highest BCUT2D eigenvalue weighted by atomic mass is 16.5. The van der Waals surface area contributed by atoms with Gasteiger partial charge in [0.25, 0.3) is 5.91 Å². The molecule has 18 heavy (non-hydrogen) atoms. The second kappa shape index (κ2) is 6.26. The Morgan fingerprint density at radius 2 is 2.22 bits per heavy atom. The molecule has 0 radical (unpaired) electrons. The lowest BCUT2D eigenvalue weighted by Crippen LogP contribution is -2.28. The third-order valence-electron chi connectivity index (χ3n) is 2.86. The lowest BCUT2D eigenvalue weighted by Gasteiger charge is -2.22. The second-order valence-electron chi connectivity index (χ2n) is 4.18. The monoisotopic (exact) mass is 249 g/mol. The number of ether oxygens (including phenoxy) is 1. The Hall–Kier alpha value is -1.75. The number of methoxy groups -OCH3 is 1. The van der Waals surface area contributed by atoms with Crippen LogP contribution in [0.1, 0.15) is 16.8 Å². The van der Waals surface area contributed by atoms with Gasteiger partial charge in [0.05, 0.1) is 16.9 Å². The van der Waals surface area contributed by atoms with Gasteiger partial charge in [0.1, 0.15) is 0 Å². The van der Waals surface area contributed by atoms with Crippen LogP contribution < -0.4 is 16.0 Å². The minimum absolute atomic E-state index is 0.0425. The summed E-state index contributed by atoms with van der Waals surface area (Å²) >= 11 is 0. The molecular formula is C13H19N3O2. The maximum Gasteiger partial charge on any atom is 0.253 e. The molecule has 1 aliphatic heterocycles. The SMILES string of the molecule is COCCCNC(=O)c1cccc2c1NCCN2. The molecule has 0 bridgehead atoms. The van der Waals surface area contributed by atoms with Gasteiger partial charge in [0, 0.05) is 33.4 Å². The molecule has 1 aromatic rings. The number of benzene rings is 1. The highest BCUT2D eigenvalue weighted by Crippen LogP contribution is 2.28. The van der Waals surface area contributed by atoms with Crippen molar-refractivity contribution in [2.75, 3.05) is 44.0 Å². The summed E-state index contributed by atoms with van der Waals surface area (Å²) < 4.78 is 4.95. The Kier molecular flexibility index (Phi) is 4.41. The summed E-state index contributed by atoms with van der Waals surface area (Å²) in [5.41, 5.74) is 2.58. The Balaban J connectivity index is 2.01. The largest absolute Gasteiger partial charge is 0.385 e. The summed E-state index contributed by atoms with van der Waals surface area (Å²) in [6, 6.07) is 5.70. The first-order valence-corrected chi connectivity index (χ1v) is 6.21. The van der Waals surface area contributed by atoms with Crippen LogP contribution >= 0.6 is 0 Å². The molecular weight excluding hydrogens is 230 g/mol. The molecule has 1 heterocycles. The van der Waals surface area contributed by atoms with E-state index in [1.54, 1.807) is 7.11 Å². The van der Waals surface area contributed by atoms with Gasteiger partial charge in [-0.1, -0.05) is 6.07 Å². The first kappa shape index (κ1) is 12.7. The highest BCUT2D eigenvalue weighted by Gasteiger charge is 2.16. The van der Waals surface area contributed by atoms with Crippen molar-refractivity contribution >= 4 is 17.3 Å². The Bertz CT molecular complexity index is 421. The first-order valence-electron chi connectivity index (χ1n) is 6.21. The maximum absolute atomic E-state index is 12.1. The molecule has 1 aliphatic rings. The molecule has 0 unspecified atom stereocenters. The van der Waals surface area contributed by atoms with Crippen molar-refractivity contribution < 1.29 is 9.53 Å². The quantitative estimate of drug-likeness (QED) is 0.688. The number of amides is 1. The van der Waals surface area contributed by atoms with Crippen molar-refractivity contribution in [3.05, 3.63) is 23.8 Å². The molecule has 3 N–H and O–H groups in total. The molecule has 0 saturated heterocycles. The summed E-state index contributed by atoms with van der Waals surface area (Å²) in [7, 11) is 1.66. The van der Waals surface area contributed by atoms with Crippen LogP contribution in [-0.4, -0.2) is 39.3 Å². The summed E-state index contributed by atoms with van der Waals surface area (Å²) in [5, 5.41) is 9.43. The van der Waals surface area contributed by atoms with Gasteiger partial charge in [-0.3, -0.25) is 4.79 Å². The van der Waals surface area contributed by atoms with Crippen molar-refractivity contribution in [3.8, 4) is 0 Å². The number of anilines is 2. The molecule has 0 atom stereocenters. The maximum atomic E-state index is 12.1. The van der Waals surface area contributed by atoms with Gasteiger partial charge in [0.2, 0.25) is 0 Å². The molecule has 2 rings (SSSR count). The van der Waals surface area contributed by atoms with Gasteiger partial charge >= 0.3 is 0 Å². The lowest BCUT2D eigenvalue weighted by molar-refractivity contribution is 0.0949. The zero-order valence-electron chi connectivity index (χ0n) is 10.6. The van der Waals surface area contributed by atoms with Crippen molar-refractivity contribution in [2.24, 2.45) is 0 Å². The molecule has 1 amide bonds. The number of rotatable bonds is 5. The number of carbonyl (C=O) groups is 1. The summed E-state index contributed by atoms with van der Waals surface area (Å²) in [6.07, 6.45) is 0.822. The molecule has 0 spiro atoms. The fourth-order valence-electron chi connectivity index (χ4n) is 1.98. The van der Waals surface area contributed by atoms with Gasteiger partial charge in [-0.25, -0.2) is 0 Å². The van der Waals surface area contributed by atoms with E-state index < -0.39 is 0 Å². The van der Waals surface area contributed by atoms with Gasteiger partial charge < -0.3 is 20.7 Å². The molecule has 0 fully saturated rings. The molecule has 5 nitrogen and oxygen atoms in total. The number of fused-ring (bicyclic) bond motifs is 1. The summed E-state index contributed by atoms with van der Waals surface area (Å²) in [5.74, 6) is -0.0425. The molecule has 0 saturated carbocycles. The van der Waals surface area contributed by atoms with E-state index in [2.05, 4.69) is 16.0 Å². The fraction of sp³-hybridized carbons (Fsp3) is 0.462. The third kappa shape index (κ3) is 2.92. The van der Waals surface area contributed by atoms with Crippen molar-refractivity contribution in [2.45, 2.75) is 6.42 Å². The van der Waals surface area contributed by atoms with Crippen molar-refractivity contribution in [3.63, 3.8) is 0 Å². The van der Waals surface area contributed by atoms with Crippen LogP contribution in [0.15, 0.2) is 18.2 Å². The topological polar surface area (TPSA) is 62.4 Å². The lowest BCUT2D eigenvalue weighted by atomic mass is 10.1. The van der Waals surface area contributed by atoms with Crippen LogP contribution in [-0.2, 0) is 4.74 Å². The van der Waals surface area contributed by atoms with Crippen molar-refractivity contribution in [1.82, 2.24) is 5.32 Å². The highest BCUT2D eigenvalue weighted by molar-refractivity contribution is 6.02. The number of carbonyl (C=O) groups excluding carboxylic acids is 1. The average Bonchev–Trinajstić information content (AvgIpc) is 2.43.